The number of aromatic amines is 1. The molecule has 4 nitrogen and oxygen atoms in total. The van der Waals surface area contributed by atoms with Crippen LogP contribution in [0.4, 0.5) is 0 Å². The van der Waals surface area contributed by atoms with Gasteiger partial charge < -0.3 is 4.98 Å². The highest BCUT2D eigenvalue weighted by atomic mass is 16.1. The molecule has 3 aromatic carbocycles. The molecule has 0 unspecified atom stereocenters. The lowest BCUT2D eigenvalue weighted by atomic mass is 9.99. The van der Waals surface area contributed by atoms with Crippen LogP contribution < -0.4 is 5.69 Å². The first-order valence-corrected chi connectivity index (χ1v) is 10.2. The molecule has 0 atom stereocenters. The van der Waals surface area contributed by atoms with Crippen molar-refractivity contribution < 1.29 is 4.79 Å². The van der Waals surface area contributed by atoms with E-state index in [1.165, 1.54) is 21.3 Å². The number of aryl methyl sites for hydroxylation is 2. The molecule has 1 N–H and O–H groups in total. The summed E-state index contributed by atoms with van der Waals surface area (Å²) in [6.45, 7) is 6.23. The topological polar surface area (TPSA) is 54.9 Å². The Morgan fingerprint density at radius 3 is 2.32 bits per heavy atom. The first kappa shape index (κ1) is 20.4. The van der Waals surface area contributed by atoms with Crippen molar-refractivity contribution in [2.75, 3.05) is 0 Å². The fourth-order valence-electron chi connectivity index (χ4n) is 3.57. The Hall–Kier alpha value is -3.92. The monoisotopic (exact) mass is 408 g/mol. The second-order valence-corrected chi connectivity index (χ2v) is 7.74. The third kappa shape index (κ3) is 4.33. The van der Waals surface area contributed by atoms with Crippen LogP contribution in [0.2, 0.25) is 0 Å². The summed E-state index contributed by atoms with van der Waals surface area (Å²) in [5, 5.41) is 0. The third-order valence-corrected chi connectivity index (χ3v) is 5.59. The zero-order chi connectivity index (χ0) is 22.0. The minimum absolute atomic E-state index is 0.112. The molecular weight excluding hydrogens is 384 g/mol. The van der Waals surface area contributed by atoms with Crippen LogP contribution in [0.3, 0.4) is 0 Å². The van der Waals surface area contributed by atoms with Crippen molar-refractivity contribution in [1.29, 1.82) is 0 Å². The Balaban J connectivity index is 1.65. The largest absolute Gasteiger partial charge is 0.330 e. The number of imidazole rings is 1. The normalized spacial score (nSPS) is 11.2. The Morgan fingerprint density at radius 1 is 0.903 bits per heavy atom. The molecule has 0 fully saturated rings. The quantitative estimate of drug-likeness (QED) is 0.342. The minimum atomic E-state index is -0.240. The molecule has 4 heteroatoms. The first-order chi connectivity index (χ1) is 14.9. The Labute approximate surface area is 181 Å². The zero-order valence-corrected chi connectivity index (χ0v) is 17.8. The molecule has 1 aromatic heterocycles. The molecule has 0 spiro atoms. The highest BCUT2D eigenvalue weighted by molar-refractivity contribution is 6.07. The van der Waals surface area contributed by atoms with Gasteiger partial charge in [-0.1, -0.05) is 48.5 Å². The van der Waals surface area contributed by atoms with Crippen molar-refractivity contribution in [3.63, 3.8) is 0 Å². The number of H-pyrrole nitrogens is 1. The molecule has 0 amide bonds. The summed E-state index contributed by atoms with van der Waals surface area (Å²) >= 11 is 0. The van der Waals surface area contributed by atoms with Gasteiger partial charge in [0, 0.05) is 17.3 Å². The van der Waals surface area contributed by atoms with Crippen LogP contribution in [-0.4, -0.2) is 15.3 Å². The fraction of sp³-hybridized carbons (Fsp3) is 0.111. The summed E-state index contributed by atoms with van der Waals surface area (Å²) in [4.78, 5) is 28.2. The van der Waals surface area contributed by atoms with Gasteiger partial charge in [0.25, 0.3) is 0 Å². The lowest BCUT2D eigenvalue weighted by Crippen LogP contribution is -2.14. The average Bonchev–Trinajstić information content (AvgIpc) is 3.18. The van der Waals surface area contributed by atoms with Crippen molar-refractivity contribution in [1.82, 2.24) is 9.55 Å². The van der Waals surface area contributed by atoms with Crippen molar-refractivity contribution in [2.45, 2.75) is 20.8 Å². The number of carbonyl (C=O) groups is 1. The van der Waals surface area contributed by atoms with Crippen molar-refractivity contribution in [3.8, 4) is 16.9 Å². The smallest absolute Gasteiger partial charge is 0.305 e. The second kappa shape index (κ2) is 8.44. The summed E-state index contributed by atoms with van der Waals surface area (Å²) < 4.78 is 1.54. The summed E-state index contributed by atoms with van der Waals surface area (Å²) in [5.74, 6) is -0.112. The fourth-order valence-corrected chi connectivity index (χ4v) is 3.57. The lowest BCUT2D eigenvalue weighted by Gasteiger charge is -2.07. The highest BCUT2D eigenvalue weighted by Crippen LogP contribution is 2.23. The number of hydrogen-bond acceptors (Lipinski definition) is 2. The zero-order valence-electron chi connectivity index (χ0n) is 17.8. The van der Waals surface area contributed by atoms with Crippen molar-refractivity contribution in [2.24, 2.45) is 0 Å². The molecule has 0 saturated heterocycles. The van der Waals surface area contributed by atoms with Gasteiger partial charge in [0.1, 0.15) is 0 Å². The molecule has 0 saturated carbocycles. The number of rotatable bonds is 5. The molecule has 0 aliphatic carbocycles. The summed E-state index contributed by atoms with van der Waals surface area (Å²) in [5.41, 5.74) is 7.22. The maximum absolute atomic E-state index is 12.7. The van der Waals surface area contributed by atoms with E-state index in [1.807, 2.05) is 36.4 Å². The third-order valence-electron chi connectivity index (χ3n) is 5.59. The number of aromatic nitrogens is 2. The van der Waals surface area contributed by atoms with Gasteiger partial charge in [0.05, 0.1) is 11.4 Å². The average molecular weight is 409 g/mol. The van der Waals surface area contributed by atoms with Crippen LogP contribution in [0.15, 0.2) is 83.8 Å². The van der Waals surface area contributed by atoms with Gasteiger partial charge in [-0.25, -0.2) is 4.79 Å². The minimum Gasteiger partial charge on any atom is -0.305 e. The molecule has 4 rings (SSSR count). The van der Waals surface area contributed by atoms with Crippen LogP contribution in [0, 0.1) is 20.8 Å². The van der Waals surface area contributed by atoms with Gasteiger partial charge in [-0.3, -0.25) is 9.36 Å². The predicted octanol–water partition coefficient (Wildman–Crippen LogP) is 5.65. The standard InChI is InChI=1S/C27H24N2O2/c1-18-14-23(15-19(2)20(18)3)25-17-29(27(31)28-25)24-11-7-10-22(16-24)26(30)13-12-21-8-5-4-6-9-21/h4-17H,1-3H3,(H,28,31). The number of nitrogens with zero attached hydrogens (tertiary/aromatic N) is 1. The Bertz CT molecular complexity index is 1320. The van der Waals surface area contributed by atoms with Gasteiger partial charge >= 0.3 is 5.69 Å². The molecule has 0 radical (unpaired) electrons. The van der Waals surface area contributed by atoms with Crippen molar-refractivity contribution in [3.05, 3.63) is 117 Å². The van der Waals surface area contributed by atoms with E-state index in [-0.39, 0.29) is 11.5 Å². The molecule has 4 aromatic rings. The van der Waals surface area contributed by atoms with Crippen LogP contribution in [-0.2, 0) is 0 Å². The van der Waals surface area contributed by atoms with E-state index >= 15 is 0 Å². The maximum atomic E-state index is 12.7. The van der Waals surface area contributed by atoms with Crippen LogP contribution >= 0.6 is 0 Å². The van der Waals surface area contributed by atoms with Gasteiger partial charge in [-0.05, 0) is 73.4 Å². The molecular formula is C27H24N2O2. The van der Waals surface area contributed by atoms with Crippen molar-refractivity contribution >= 4 is 11.9 Å². The Morgan fingerprint density at radius 2 is 1.61 bits per heavy atom. The molecule has 0 aliphatic rings. The number of carbonyl (C=O) groups excluding carboxylic acids is 1. The SMILES string of the molecule is Cc1cc(-c2cn(-c3cccc(C(=O)C=Cc4ccccc4)c3)c(=O)[nH]2)cc(C)c1C. The first-order valence-electron chi connectivity index (χ1n) is 10.2. The molecule has 1 heterocycles. The number of ketones is 1. The summed E-state index contributed by atoms with van der Waals surface area (Å²) in [6.07, 6.45) is 5.13. The van der Waals surface area contributed by atoms with Gasteiger partial charge in [0.2, 0.25) is 0 Å². The predicted molar refractivity (Wildman–Crippen MR) is 126 cm³/mol. The summed E-state index contributed by atoms with van der Waals surface area (Å²) in [6, 6.07) is 20.9. The number of benzene rings is 3. The van der Waals surface area contributed by atoms with Gasteiger partial charge in [-0.2, -0.15) is 0 Å². The number of nitrogens with one attached hydrogen (secondary N) is 1. The van der Waals surface area contributed by atoms with Crippen LogP contribution in [0.25, 0.3) is 23.0 Å². The molecule has 31 heavy (non-hydrogen) atoms. The van der Waals surface area contributed by atoms with Crippen LogP contribution in [0.5, 0.6) is 0 Å². The van der Waals surface area contributed by atoms with E-state index in [1.54, 1.807) is 36.5 Å². The lowest BCUT2D eigenvalue weighted by molar-refractivity contribution is 0.104. The van der Waals surface area contributed by atoms with Crippen LogP contribution in [0.1, 0.15) is 32.6 Å². The van der Waals surface area contributed by atoms with E-state index in [0.717, 1.165) is 16.8 Å². The Kier molecular flexibility index (Phi) is 5.54. The number of hydrogen-bond donors (Lipinski definition) is 1. The second-order valence-electron chi connectivity index (χ2n) is 7.74. The van der Waals surface area contributed by atoms with E-state index < -0.39 is 0 Å². The summed E-state index contributed by atoms with van der Waals surface area (Å²) in [7, 11) is 0. The van der Waals surface area contributed by atoms with E-state index in [2.05, 4.69) is 37.9 Å². The van der Waals surface area contributed by atoms with Gasteiger partial charge in [-0.15, -0.1) is 0 Å². The number of allylic oxidation sites excluding steroid dienone is 1. The van der Waals surface area contributed by atoms with E-state index in [9.17, 15) is 9.59 Å². The van der Waals surface area contributed by atoms with E-state index in [4.69, 9.17) is 0 Å². The molecule has 0 bridgehead atoms. The van der Waals surface area contributed by atoms with Gasteiger partial charge in [0.15, 0.2) is 5.78 Å². The molecule has 0 aliphatic heterocycles. The maximum Gasteiger partial charge on any atom is 0.330 e. The van der Waals surface area contributed by atoms with E-state index in [0.29, 0.717) is 11.3 Å². The molecule has 154 valence electrons. The highest BCUT2D eigenvalue weighted by Gasteiger charge is 2.11.